The van der Waals surface area contributed by atoms with Gasteiger partial charge in [0.05, 0.1) is 6.04 Å². The van der Waals surface area contributed by atoms with Crippen molar-refractivity contribution in [1.29, 1.82) is 0 Å². The first-order valence-electron chi connectivity index (χ1n) is 6.61. The molecule has 2 atom stereocenters. The Morgan fingerprint density at radius 3 is 2.59 bits per heavy atom. The van der Waals surface area contributed by atoms with Gasteiger partial charge in [-0.25, -0.2) is 0 Å². The summed E-state index contributed by atoms with van der Waals surface area (Å²) in [5.41, 5.74) is 7.70. The van der Waals surface area contributed by atoms with Crippen molar-refractivity contribution in [2.75, 3.05) is 13.6 Å². The summed E-state index contributed by atoms with van der Waals surface area (Å²) in [7, 11) is 2.20. The number of likely N-dealkylation sites (N-methyl/N-ethyl adjacent to an activating group) is 1. The summed E-state index contributed by atoms with van der Waals surface area (Å²) in [6.45, 7) is 7.73. The molecule has 1 rings (SSSR count). The van der Waals surface area contributed by atoms with E-state index in [1.807, 2.05) is 11.3 Å². The molecular formula is C14H26N2S. The molecule has 1 heterocycles. The molecule has 0 saturated heterocycles. The monoisotopic (exact) mass is 254 g/mol. The largest absolute Gasteiger partial charge is 0.326 e. The number of nitrogens with two attached hydrogens (primary N) is 1. The molecule has 17 heavy (non-hydrogen) atoms. The molecule has 0 aliphatic heterocycles. The fourth-order valence-corrected chi connectivity index (χ4v) is 3.35. The van der Waals surface area contributed by atoms with Crippen LogP contribution in [0.4, 0.5) is 0 Å². The van der Waals surface area contributed by atoms with Crippen molar-refractivity contribution in [3.8, 4) is 0 Å². The highest BCUT2D eigenvalue weighted by molar-refractivity contribution is 7.10. The van der Waals surface area contributed by atoms with Gasteiger partial charge in [-0.15, -0.1) is 11.3 Å². The van der Waals surface area contributed by atoms with Gasteiger partial charge < -0.3 is 5.73 Å². The van der Waals surface area contributed by atoms with E-state index in [4.69, 9.17) is 5.73 Å². The third kappa shape index (κ3) is 3.80. The molecule has 0 radical (unpaired) electrons. The summed E-state index contributed by atoms with van der Waals surface area (Å²) in [5, 5.41) is 2.17. The minimum absolute atomic E-state index is 0.231. The first-order valence-corrected chi connectivity index (χ1v) is 7.49. The van der Waals surface area contributed by atoms with Gasteiger partial charge in [-0.1, -0.05) is 20.3 Å². The standard InChI is InChI=1S/C14H26N2S/c1-5-7-9-16(4)13(12(15)6-2)14-11(3)8-10-17-14/h8,10,12-13H,5-7,9,15H2,1-4H3. The zero-order chi connectivity index (χ0) is 12.8. The van der Waals surface area contributed by atoms with Crippen molar-refractivity contribution in [3.63, 3.8) is 0 Å². The lowest BCUT2D eigenvalue weighted by Gasteiger charge is -2.32. The van der Waals surface area contributed by atoms with Crippen LogP contribution >= 0.6 is 11.3 Å². The highest BCUT2D eigenvalue weighted by Crippen LogP contribution is 2.31. The van der Waals surface area contributed by atoms with Gasteiger partial charge in [-0.2, -0.15) is 0 Å². The predicted octanol–water partition coefficient (Wildman–Crippen LogP) is 3.57. The molecule has 3 heteroatoms. The third-order valence-corrected chi connectivity index (χ3v) is 4.48. The average molecular weight is 254 g/mol. The molecule has 0 aromatic carbocycles. The number of unbranched alkanes of at least 4 members (excludes halogenated alkanes) is 1. The van der Waals surface area contributed by atoms with Gasteiger partial charge in [-0.3, -0.25) is 4.90 Å². The number of hydrogen-bond donors (Lipinski definition) is 1. The molecule has 0 amide bonds. The second kappa shape index (κ2) is 7.14. The molecule has 0 spiro atoms. The summed E-state index contributed by atoms with van der Waals surface area (Å²) in [5.74, 6) is 0. The molecule has 1 aromatic rings. The molecule has 1 aromatic heterocycles. The minimum atomic E-state index is 0.231. The van der Waals surface area contributed by atoms with Crippen LogP contribution in [0.25, 0.3) is 0 Å². The molecule has 2 unspecified atom stereocenters. The van der Waals surface area contributed by atoms with E-state index in [1.165, 1.54) is 23.3 Å². The van der Waals surface area contributed by atoms with E-state index in [2.05, 4.69) is 44.2 Å². The summed E-state index contributed by atoms with van der Waals surface area (Å²) >= 11 is 1.84. The molecule has 2 nitrogen and oxygen atoms in total. The highest BCUT2D eigenvalue weighted by Gasteiger charge is 2.25. The van der Waals surface area contributed by atoms with Crippen molar-refractivity contribution >= 4 is 11.3 Å². The Balaban J connectivity index is 2.84. The van der Waals surface area contributed by atoms with Gasteiger partial charge >= 0.3 is 0 Å². The highest BCUT2D eigenvalue weighted by atomic mass is 32.1. The Kier molecular flexibility index (Phi) is 6.17. The van der Waals surface area contributed by atoms with Crippen LogP contribution in [0.5, 0.6) is 0 Å². The van der Waals surface area contributed by atoms with E-state index in [-0.39, 0.29) is 6.04 Å². The first-order chi connectivity index (χ1) is 8.11. The molecule has 0 aliphatic rings. The lowest BCUT2D eigenvalue weighted by Crippen LogP contribution is -2.39. The average Bonchev–Trinajstić information content (AvgIpc) is 2.73. The van der Waals surface area contributed by atoms with Crippen molar-refractivity contribution < 1.29 is 0 Å². The summed E-state index contributed by atoms with van der Waals surface area (Å²) in [6, 6.07) is 2.81. The molecule has 0 saturated carbocycles. The SMILES string of the molecule is CCCCN(C)C(c1sccc1C)C(N)CC. The van der Waals surface area contributed by atoms with Gasteiger partial charge in [0.2, 0.25) is 0 Å². The quantitative estimate of drug-likeness (QED) is 0.806. The van der Waals surface area contributed by atoms with E-state index < -0.39 is 0 Å². The minimum Gasteiger partial charge on any atom is -0.326 e. The van der Waals surface area contributed by atoms with E-state index in [0.29, 0.717) is 6.04 Å². The molecule has 0 bridgehead atoms. The van der Waals surface area contributed by atoms with Gasteiger partial charge in [0, 0.05) is 10.9 Å². The van der Waals surface area contributed by atoms with E-state index in [0.717, 1.165) is 13.0 Å². The Labute approximate surface area is 110 Å². The zero-order valence-electron chi connectivity index (χ0n) is 11.6. The maximum Gasteiger partial charge on any atom is 0.0593 e. The molecule has 0 fully saturated rings. The Morgan fingerprint density at radius 1 is 1.41 bits per heavy atom. The summed E-state index contributed by atoms with van der Waals surface area (Å²) in [6.07, 6.45) is 3.51. The Hall–Kier alpha value is -0.380. The maximum atomic E-state index is 6.31. The fourth-order valence-electron chi connectivity index (χ4n) is 2.18. The lowest BCUT2D eigenvalue weighted by molar-refractivity contribution is 0.209. The van der Waals surface area contributed by atoms with E-state index >= 15 is 0 Å². The van der Waals surface area contributed by atoms with Crippen molar-refractivity contribution in [2.24, 2.45) is 5.73 Å². The third-order valence-electron chi connectivity index (χ3n) is 3.39. The molecule has 2 N–H and O–H groups in total. The second-order valence-electron chi connectivity index (χ2n) is 4.82. The smallest absolute Gasteiger partial charge is 0.0593 e. The van der Waals surface area contributed by atoms with Crippen LogP contribution in [-0.2, 0) is 0 Å². The van der Waals surface area contributed by atoms with Gasteiger partial charge in [0.1, 0.15) is 0 Å². The van der Waals surface area contributed by atoms with E-state index in [1.54, 1.807) is 0 Å². The van der Waals surface area contributed by atoms with Crippen molar-refractivity contribution in [3.05, 3.63) is 21.9 Å². The second-order valence-corrected chi connectivity index (χ2v) is 5.77. The van der Waals surface area contributed by atoms with Crippen molar-refractivity contribution in [1.82, 2.24) is 4.90 Å². The van der Waals surface area contributed by atoms with Crippen LogP contribution in [0.3, 0.4) is 0 Å². The zero-order valence-corrected chi connectivity index (χ0v) is 12.4. The number of aryl methyl sites for hydroxylation is 1. The molecular weight excluding hydrogens is 228 g/mol. The normalized spacial score (nSPS) is 15.2. The van der Waals surface area contributed by atoms with Crippen LogP contribution in [-0.4, -0.2) is 24.5 Å². The van der Waals surface area contributed by atoms with Crippen LogP contribution < -0.4 is 5.73 Å². The first kappa shape index (κ1) is 14.7. The molecule has 98 valence electrons. The molecule has 0 aliphatic carbocycles. The van der Waals surface area contributed by atoms with Gasteiger partial charge in [-0.05, 0) is 50.4 Å². The van der Waals surface area contributed by atoms with Crippen LogP contribution in [0.1, 0.15) is 49.6 Å². The topological polar surface area (TPSA) is 29.3 Å². The Morgan fingerprint density at radius 2 is 2.12 bits per heavy atom. The predicted molar refractivity (Wildman–Crippen MR) is 77.6 cm³/mol. The fraction of sp³-hybridized carbons (Fsp3) is 0.714. The van der Waals surface area contributed by atoms with Crippen LogP contribution in [0, 0.1) is 6.92 Å². The number of hydrogen-bond acceptors (Lipinski definition) is 3. The van der Waals surface area contributed by atoms with E-state index in [9.17, 15) is 0 Å². The Bertz CT molecular complexity index is 322. The van der Waals surface area contributed by atoms with Crippen LogP contribution in [0.15, 0.2) is 11.4 Å². The number of rotatable bonds is 7. The van der Waals surface area contributed by atoms with Gasteiger partial charge in [0.15, 0.2) is 0 Å². The van der Waals surface area contributed by atoms with Crippen molar-refractivity contribution in [2.45, 2.75) is 52.1 Å². The van der Waals surface area contributed by atoms with Crippen LogP contribution in [0.2, 0.25) is 0 Å². The number of thiophene rings is 1. The van der Waals surface area contributed by atoms with Gasteiger partial charge in [0.25, 0.3) is 0 Å². The summed E-state index contributed by atoms with van der Waals surface area (Å²) < 4.78 is 0. The summed E-state index contributed by atoms with van der Waals surface area (Å²) in [4.78, 5) is 3.87. The lowest BCUT2D eigenvalue weighted by atomic mass is 10.0. The number of nitrogens with zero attached hydrogens (tertiary/aromatic N) is 1. The maximum absolute atomic E-state index is 6.31.